The molecule has 4 rings (SSSR count). The van der Waals surface area contributed by atoms with E-state index in [1.54, 1.807) is 22.8 Å². The highest BCUT2D eigenvalue weighted by atomic mass is 32.2. The van der Waals surface area contributed by atoms with E-state index in [-0.39, 0.29) is 11.7 Å². The standard InChI is InChI=1S/C22H20FN5O2S2/c1-3-30-16-10-8-15(9-11-16)20-26-27-22(28(20)18-7-5-4-6-17(18)23)32-13-19(29)25-21-24-14(2)12-31-21/h4-12H,3,13H2,1-2H3,(H,24,25,29). The van der Waals surface area contributed by atoms with Gasteiger partial charge in [0.25, 0.3) is 0 Å². The number of nitrogens with one attached hydrogen (secondary N) is 1. The Morgan fingerprint density at radius 1 is 1.19 bits per heavy atom. The number of aromatic nitrogens is 4. The Kier molecular flexibility index (Phi) is 6.81. The molecule has 0 saturated carbocycles. The van der Waals surface area contributed by atoms with E-state index in [0.717, 1.165) is 17.0 Å². The van der Waals surface area contributed by atoms with Crippen LogP contribution < -0.4 is 10.1 Å². The summed E-state index contributed by atoms with van der Waals surface area (Å²) in [5.41, 5.74) is 1.90. The second-order valence-corrected chi connectivity index (χ2v) is 8.48. The SMILES string of the molecule is CCOc1ccc(-c2nnc(SCC(=O)Nc3nc(C)cs3)n2-c2ccccc2F)cc1. The topological polar surface area (TPSA) is 81.9 Å². The third-order valence-electron chi connectivity index (χ3n) is 4.35. The molecular weight excluding hydrogens is 449 g/mol. The number of thiazole rings is 1. The fraction of sp³-hybridized carbons (Fsp3) is 0.182. The van der Waals surface area contributed by atoms with E-state index in [9.17, 15) is 9.18 Å². The molecule has 0 unspecified atom stereocenters. The summed E-state index contributed by atoms with van der Waals surface area (Å²) in [6, 6.07) is 13.7. The van der Waals surface area contributed by atoms with Crippen molar-refractivity contribution < 1.29 is 13.9 Å². The zero-order chi connectivity index (χ0) is 22.5. The Labute approximate surface area is 192 Å². The number of anilines is 1. The van der Waals surface area contributed by atoms with Crippen molar-refractivity contribution in [1.29, 1.82) is 0 Å². The number of nitrogens with zero attached hydrogens (tertiary/aromatic N) is 4. The zero-order valence-electron chi connectivity index (χ0n) is 17.4. The lowest BCUT2D eigenvalue weighted by atomic mass is 10.2. The highest BCUT2D eigenvalue weighted by molar-refractivity contribution is 7.99. The molecule has 164 valence electrons. The predicted molar refractivity (Wildman–Crippen MR) is 124 cm³/mol. The molecule has 0 radical (unpaired) electrons. The van der Waals surface area contributed by atoms with Gasteiger partial charge in [0.2, 0.25) is 5.91 Å². The van der Waals surface area contributed by atoms with Gasteiger partial charge in [-0.15, -0.1) is 21.5 Å². The Hall–Kier alpha value is -3.24. The van der Waals surface area contributed by atoms with Gasteiger partial charge in [0.15, 0.2) is 16.1 Å². The van der Waals surface area contributed by atoms with Gasteiger partial charge in [0.1, 0.15) is 11.6 Å². The van der Waals surface area contributed by atoms with E-state index in [2.05, 4.69) is 20.5 Å². The Morgan fingerprint density at radius 2 is 1.97 bits per heavy atom. The molecule has 0 aliphatic rings. The number of carbonyl (C=O) groups is 1. The summed E-state index contributed by atoms with van der Waals surface area (Å²) in [7, 11) is 0. The number of para-hydroxylation sites is 1. The molecule has 0 atom stereocenters. The number of carbonyl (C=O) groups excluding carboxylic acids is 1. The van der Waals surface area contributed by atoms with Crippen molar-refractivity contribution >= 4 is 34.1 Å². The van der Waals surface area contributed by atoms with Crippen LogP contribution in [0.15, 0.2) is 59.1 Å². The third-order valence-corrected chi connectivity index (χ3v) is 6.15. The van der Waals surface area contributed by atoms with Gasteiger partial charge < -0.3 is 10.1 Å². The molecule has 2 heterocycles. The number of thioether (sulfide) groups is 1. The van der Waals surface area contributed by atoms with Crippen molar-refractivity contribution in [3.05, 3.63) is 65.4 Å². The van der Waals surface area contributed by atoms with Gasteiger partial charge in [-0.1, -0.05) is 23.9 Å². The summed E-state index contributed by atoms with van der Waals surface area (Å²) in [4.78, 5) is 16.6. The van der Waals surface area contributed by atoms with Crippen LogP contribution in [0.4, 0.5) is 9.52 Å². The van der Waals surface area contributed by atoms with Crippen LogP contribution in [0.25, 0.3) is 17.1 Å². The van der Waals surface area contributed by atoms with Crippen molar-refractivity contribution in [2.75, 3.05) is 17.7 Å². The van der Waals surface area contributed by atoms with Gasteiger partial charge in [-0.05, 0) is 50.2 Å². The molecule has 1 amide bonds. The minimum Gasteiger partial charge on any atom is -0.494 e. The molecule has 0 bridgehead atoms. The molecule has 0 spiro atoms. The van der Waals surface area contributed by atoms with Crippen LogP contribution >= 0.6 is 23.1 Å². The summed E-state index contributed by atoms with van der Waals surface area (Å²) >= 11 is 2.54. The lowest BCUT2D eigenvalue weighted by molar-refractivity contribution is -0.113. The summed E-state index contributed by atoms with van der Waals surface area (Å²) in [5.74, 6) is 0.640. The van der Waals surface area contributed by atoms with Crippen molar-refractivity contribution in [1.82, 2.24) is 19.7 Å². The minimum atomic E-state index is -0.413. The number of rotatable bonds is 8. The molecule has 10 heteroatoms. The fourth-order valence-corrected chi connectivity index (χ4v) is 4.41. The second kappa shape index (κ2) is 9.92. The molecule has 0 aliphatic carbocycles. The van der Waals surface area contributed by atoms with Crippen molar-refractivity contribution in [2.24, 2.45) is 0 Å². The average Bonchev–Trinajstić information content (AvgIpc) is 3.39. The lowest BCUT2D eigenvalue weighted by Crippen LogP contribution is -2.14. The number of hydrogen-bond acceptors (Lipinski definition) is 7. The Morgan fingerprint density at radius 3 is 2.66 bits per heavy atom. The normalized spacial score (nSPS) is 10.8. The molecule has 2 aromatic heterocycles. The van der Waals surface area contributed by atoms with Crippen LogP contribution in [0.1, 0.15) is 12.6 Å². The van der Waals surface area contributed by atoms with Crippen molar-refractivity contribution in [3.63, 3.8) is 0 Å². The van der Waals surface area contributed by atoms with Crippen molar-refractivity contribution in [3.8, 4) is 22.8 Å². The van der Waals surface area contributed by atoms with Gasteiger partial charge in [0.05, 0.1) is 23.7 Å². The first-order valence-electron chi connectivity index (χ1n) is 9.83. The summed E-state index contributed by atoms with van der Waals surface area (Å²) in [6.07, 6.45) is 0. The largest absolute Gasteiger partial charge is 0.494 e. The van der Waals surface area contributed by atoms with Gasteiger partial charge in [0, 0.05) is 10.9 Å². The zero-order valence-corrected chi connectivity index (χ0v) is 19.0. The van der Waals surface area contributed by atoms with E-state index in [1.165, 1.54) is 29.2 Å². The maximum absolute atomic E-state index is 14.7. The van der Waals surface area contributed by atoms with Gasteiger partial charge in [-0.3, -0.25) is 9.36 Å². The number of aryl methyl sites for hydroxylation is 1. The maximum Gasteiger partial charge on any atom is 0.236 e. The van der Waals surface area contributed by atoms with Crippen LogP contribution in [0.2, 0.25) is 0 Å². The third kappa shape index (κ3) is 4.97. The lowest BCUT2D eigenvalue weighted by Gasteiger charge is -2.11. The molecule has 1 N–H and O–H groups in total. The van der Waals surface area contributed by atoms with Crippen LogP contribution in [-0.2, 0) is 4.79 Å². The summed E-state index contributed by atoms with van der Waals surface area (Å²) < 4.78 is 21.8. The average molecular weight is 470 g/mol. The van der Waals surface area contributed by atoms with Gasteiger partial charge in [-0.2, -0.15) is 0 Å². The molecule has 0 saturated heterocycles. The van der Waals surface area contributed by atoms with E-state index in [0.29, 0.717) is 28.4 Å². The van der Waals surface area contributed by atoms with E-state index < -0.39 is 5.82 Å². The molecule has 4 aromatic rings. The quantitative estimate of drug-likeness (QED) is 0.367. The van der Waals surface area contributed by atoms with Gasteiger partial charge >= 0.3 is 0 Å². The van der Waals surface area contributed by atoms with Crippen LogP contribution in [0.3, 0.4) is 0 Å². The number of amides is 1. The Bertz CT molecular complexity index is 1220. The smallest absolute Gasteiger partial charge is 0.236 e. The molecule has 32 heavy (non-hydrogen) atoms. The molecule has 0 aliphatic heterocycles. The number of benzene rings is 2. The van der Waals surface area contributed by atoms with Gasteiger partial charge in [-0.25, -0.2) is 9.37 Å². The maximum atomic E-state index is 14.7. The molecule has 0 fully saturated rings. The van der Waals surface area contributed by atoms with Crippen LogP contribution in [-0.4, -0.2) is 38.0 Å². The number of ether oxygens (including phenoxy) is 1. The van der Waals surface area contributed by atoms with Crippen molar-refractivity contribution in [2.45, 2.75) is 19.0 Å². The minimum absolute atomic E-state index is 0.0779. The first-order chi connectivity index (χ1) is 15.5. The van der Waals surface area contributed by atoms with E-state index in [4.69, 9.17) is 4.74 Å². The summed E-state index contributed by atoms with van der Waals surface area (Å²) in [6.45, 7) is 4.34. The highest BCUT2D eigenvalue weighted by Crippen LogP contribution is 2.30. The molecular formula is C22H20FN5O2S2. The number of hydrogen-bond donors (Lipinski definition) is 1. The highest BCUT2D eigenvalue weighted by Gasteiger charge is 2.20. The number of halogens is 1. The summed E-state index contributed by atoms with van der Waals surface area (Å²) in [5, 5.41) is 14.1. The first kappa shape index (κ1) is 22.0. The monoisotopic (exact) mass is 469 g/mol. The van der Waals surface area contributed by atoms with Crippen LogP contribution in [0, 0.1) is 12.7 Å². The Balaban J connectivity index is 1.62. The second-order valence-electron chi connectivity index (χ2n) is 6.68. The first-order valence-corrected chi connectivity index (χ1v) is 11.7. The molecule has 2 aromatic carbocycles. The van der Waals surface area contributed by atoms with E-state index in [1.807, 2.05) is 43.5 Å². The van der Waals surface area contributed by atoms with E-state index >= 15 is 0 Å². The molecule has 7 nitrogen and oxygen atoms in total. The fourth-order valence-electron chi connectivity index (χ4n) is 2.96. The van der Waals surface area contributed by atoms with Crippen LogP contribution in [0.5, 0.6) is 5.75 Å². The predicted octanol–water partition coefficient (Wildman–Crippen LogP) is 4.97.